The first-order valence-corrected chi connectivity index (χ1v) is 8.62. The number of carbonyl (C=O) groups is 1. The third kappa shape index (κ3) is 2.37. The molecule has 1 atom stereocenters. The highest BCUT2D eigenvalue weighted by atomic mass is 32.1. The van der Waals surface area contributed by atoms with Gasteiger partial charge in [-0.3, -0.25) is 9.59 Å². The number of aryl methyl sites for hydroxylation is 1. The molecule has 0 fully saturated rings. The fourth-order valence-corrected chi connectivity index (χ4v) is 4.27. The van der Waals surface area contributed by atoms with Crippen LogP contribution in [-0.4, -0.2) is 10.9 Å². The Morgan fingerprint density at radius 1 is 1.50 bits per heavy atom. The minimum absolute atomic E-state index is 0.0732. The summed E-state index contributed by atoms with van der Waals surface area (Å²) in [5, 5.41) is 0.604. The maximum Gasteiger partial charge on any atom is 0.258 e. The van der Waals surface area contributed by atoms with Gasteiger partial charge in [-0.05, 0) is 36.7 Å². The van der Waals surface area contributed by atoms with Crippen molar-refractivity contribution in [2.24, 2.45) is 17.1 Å². The van der Waals surface area contributed by atoms with Crippen LogP contribution in [0.4, 0.5) is 0 Å². The van der Waals surface area contributed by atoms with Crippen LogP contribution in [0.2, 0.25) is 0 Å². The van der Waals surface area contributed by atoms with Gasteiger partial charge in [0.05, 0.1) is 10.3 Å². The summed E-state index contributed by atoms with van der Waals surface area (Å²) in [4.78, 5) is 28.7. The number of hydrogen-bond acceptors (Lipinski definition) is 3. The van der Waals surface area contributed by atoms with Gasteiger partial charge in [-0.1, -0.05) is 27.2 Å². The molecule has 4 nitrogen and oxygen atoms in total. The molecule has 2 aromatic rings. The Labute approximate surface area is 133 Å². The van der Waals surface area contributed by atoms with Crippen LogP contribution >= 0.6 is 11.3 Å². The van der Waals surface area contributed by atoms with Crippen LogP contribution in [0.3, 0.4) is 0 Å². The average molecular weight is 318 g/mol. The quantitative estimate of drug-likeness (QED) is 0.911. The number of thiophene rings is 1. The highest BCUT2D eigenvalue weighted by Gasteiger charge is 2.32. The van der Waals surface area contributed by atoms with Crippen molar-refractivity contribution >= 4 is 27.5 Å². The van der Waals surface area contributed by atoms with E-state index in [1.165, 1.54) is 11.3 Å². The van der Waals surface area contributed by atoms with E-state index in [4.69, 9.17) is 5.73 Å². The van der Waals surface area contributed by atoms with Gasteiger partial charge in [-0.25, -0.2) is 0 Å². The fourth-order valence-electron chi connectivity index (χ4n) is 3.34. The monoisotopic (exact) mass is 318 g/mol. The van der Waals surface area contributed by atoms with Crippen molar-refractivity contribution < 1.29 is 4.79 Å². The van der Waals surface area contributed by atoms with Crippen molar-refractivity contribution in [1.82, 2.24) is 4.98 Å². The second kappa shape index (κ2) is 5.23. The molecule has 0 spiro atoms. The molecule has 1 unspecified atom stereocenters. The molecule has 0 radical (unpaired) electrons. The van der Waals surface area contributed by atoms with E-state index in [1.54, 1.807) is 6.07 Å². The molecular weight excluding hydrogens is 296 g/mol. The van der Waals surface area contributed by atoms with Gasteiger partial charge in [0.1, 0.15) is 4.83 Å². The second-order valence-corrected chi connectivity index (χ2v) is 7.96. The summed E-state index contributed by atoms with van der Waals surface area (Å²) in [5.41, 5.74) is 7.59. The molecule has 3 rings (SSSR count). The molecule has 0 saturated carbocycles. The van der Waals surface area contributed by atoms with Crippen LogP contribution in [0.1, 0.15) is 54.5 Å². The Morgan fingerprint density at radius 3 is 2.86 bits per heavy atom. The van der Waals surface area contributed by atoms with Gasteiger partial charge in [0.25, 0.3) is 5.91 Å². The highest BCUT2D eigenvalue weighted by molar-refractivity contribution is 7.20. The Kier molecular flexibility index (Phi) is 3.63. The number of amides is 1. The molecule has 1 amide bonds. The molecule has 1 aliphatic carbocycles. The number of hydrogen-bond donors (Lipinski definition) is 2. The first-order valence-electron chi connectivity index (χ1n) is 7.81. The van der Waals surface area contributed by atoms with Crippen molar-refractivity contribution in [3.63, 3.8) is 0 Å². The van der Waals surface area contributed by atoms with Gasteiger partial charge in [0.2, 0.25) is 0 Å². The summed E-state index contributed by atoms with van der Waals surface area (Å²) < 4.78 is 0. The largest absolute Gasteiger partial charge is 0.365 e. The molecule has 2 heterocycles. The molecule has 3 N–H and O–H groups in total. The Bertz CT molecular complexity index is 801. The maximum absolute atomic E-state index is 12.8. The van der Waals surface area contributed by atoms with E-state index in [-0.39, 0.29) is 10.8 Å². The summed E-state index contributed by atoms with van der Waals surface area (Å²) in [6.45, 7) is 6.78. The zero-order valence-electron chi connectivity index (χ0n) is 13.3. The van der Waals surface area contributed by atoms with Crippen molar-refractivity contribution in [3.8, 4) is 0 Å². The molecule has 0 bridgehead atoms. The minimum atomic E-state index is -0.475. The summed E-state index contributed by atoms with van der Waals surface area (Å²) in [5.74, 6) is 0.0507. The third-order valence-corrected chi connectivity index (χ3v) is 6.40. The van der Waals surface area contributed by atoms with Crippen molar-refractivity contribution in [1.29, 1.82) is 0 Å². The minimum Gasteiger partial charge on any atom is -0.365 e. The molecule has 118 valence electrons. The van der Waals surface area contributed by atoms with Gasteiger partial charge < -0.3 is 10.7 Å². The van der Waals surface area contributed by atoms with E-state index in [0.717, 1.165) is 41.8 Å². The summed E-state index contributed by atoms with van der Waals surface area (Å²) >= 11 is 1.27. The zero-order valence-corrected chi connectivity index (χ0v) is 14.1. The number of nitrogens with one attached hydrogen (secondary N) is 1. The molecule has 0 aliphatic heterocycles. The SMILES string of the molecule is CCC(C)(C)C1CCc2[nH]c3sc(C(N)=O)cc3c(=O)c2C1. The first kappa shape index (κ1) is 15.3. The van der Waals surface area contributed by atoms with E-state index >= 15 is 0 Å². The number of fused-ring (bicyclic) bond motifs is 2. The second-order valence-electron chi connectivity index (χ2n) is 6.91. The Hall–Kier alpha value is -1.62. The Balaban J connectivity index is 2.10. The number of H-pyrrole nitrogens is 1. The molecule has 22 heavy (non-hydrogen) atoms. The maximum atomic E-state index is 12.8. The van der Waals surface area contributed by atoms with Gasteiger partial charge >= 0.3 is 0 Å². The topological polar surface area (TPSA) is 76.0 Å². The Morgan fingerprint density at radius 2 is 2.23 bits per heavy atom. The summed E-state index contributed by atoms with van der Waals surface area (Å²) in [6, 6.07) is 1.63. The van der Waals surface area contributed by atoms with E-state index in [1.807, 2.05) is 0 Å². The van der Waals surface area contributed by atoms with E-state index in [0.29, 0.717) is 16.2 Å². The first-order chi connectivity index (χ1) is 10.3. The van der Waals surface area contributed by atoms with Gasteiger partial charge in [-0.2, -0.15) is 0 Å². The lowest BCUT2D eigenvalue weighted by atomic mass is 9.69. The number of nitrogens with two attached hydrogens (primary N) is 1. The summed E-state index contributed by atoms with van der Waals surface area (Å²) in [7, 11) is 0. The van der Waals surface area contributed by atoms with Gasteiger partial charge in [0, 0.05) is 11.3 Å². The van der Waals surface area contributed by atoms with E-state index < -0.39 is 5.91 Å². The molecule has 0 saturated heterocycles. The lowest BCUT2D eigenvalue weighted by molar-refractivity contribution is 0.100. The predicted octanol–water partition coefficient (Wildman–Crippen LogP) is 3.23. The number of rotatable bonds is 3. The van der Waals surface area contributed by atoms with Crippen LogP contribution in [0.25, 0.3) is 10.2 Å². The van der Waals surface area contributed by atoms with Crippen LogP contribution in [0.5, 0.6) is 0 Å². The van der Waals surface area contributed by atoms with Crippen LogP contribution in [0, 0.1) is 11.3 Å². The smallest absolute Gasteiger partial charge is 0.258 e. The van der Waals surface area contributed by atoms with Crippen molar-refractivity contribution in [2.45, 2.75) is 46.5 Å². The van der Waals surface area contributed by atoms with Crippen LogP contribution in [-0.2, 0) is 12.8 Å². The van der Waals surface area contributed by atoms with Crippen molar-refractivity contribution in [3.05, 3.63) is 32.4 Å². The standard InChI is InChI=1S/C17H22N2O2S/c1-4-17(2,3)9-5-6-12-10(7-9)14(20)11-8-13(15(18)21)22-16(11)19-12/h8-9H,4-7H2,1-3H3,(H2,18,21)(H,19,20). The predicted molar refractivity (Wildman–Crippen MR) is 90.6 cm³/mol. The number of primary amides is 1. The number of pyridine rings is 1. The van der Waals surface area contributed by atoms with Crippen molar-refractivity contribution in [2.75, 3.05) is 0 Å². The van der Waals surface area contributed by atoms with Gasteiger partial charge in [0.15, 0.2) is 5.43 Å². The zero-order chi connectivity index (χ0) is 16.1. The molecule has 2 aromatic heterocycles. The normalized spacial score (nSPS) is 18.4. The molecule has 5 heteroatoms. The lowest BCUT2D eigenvalue weighted by Gasteiger charge is -2.36. The number of carbonyl (C=O) groups excluding carboxylic acids is 1. The number of aromatic amines is 1. The highest BCUT2D eigenvalue weighted by Crippen LogP contribution is 2.39. The molecular formula is C17H22N2O2S. The fraction of sp³-hybridized carbons (Fsp3) is 0.529. The molecule has 0 aromatic carbocycles. The molecule has 1 aliphatic rings. The van der Waals surface area contributed by atoms with E-state index in [2.05, 4.69) is 25.8 Å². The van der Waals surface area contributed by atoms with Crippen LogP contribution in [0.15, 0.2) is 10.9 Å². The van der Waals surface area contributed by atoms with Gasteiger partial charge in [-0.15, -0.1) is 11.3 Å². The van der Waals surface area contributed by atoms with E-state index in [9.17, 15) is 9.59 Å². The van der Waals surface area contributed by atoms with Crippen LogP contribution < -0.4 is 11.2 Å². The lowest BCUT2D eigenvalue weighted by Crippen LogP contribution is -2.32. The average Bonchev–Trinajstić information content (AvgIpc) is 2.91. The number of aromatic nitrogens is 1. The summed E-state index contributed by atoms with van der Waals surface area (Å²) in [6.07, 6.45) is 3.93. The third-order valence-electron chi connectivity index (χ3n) is 5.33.